The molecule has 0 aliphatic carbocycles. The Hall–Kier alpha value is -3.03. The molecule has 178 valence electrons. The van der Waals surface area contributed by atoms with Gasteiger partial charge in [0.05, 0.1) is 17.9 Å². The number of carbonyl (C=O) groups is 1. The Labute approximate surface area is 202 Å². The van der Waals surface area contributed by atoms with Crippen LogP contribution in [0, 0.1) is 17.6 Å². The SMILES string of the molecule is O=C(N[C@H](c1ccc(Cl)cc1)c1ccc(F)cn1)C1CCN(CCOc2ccccc2F)CC1. The lowest BCUT2D eigenvalue weighted by molar-refractivity contribution is -0.127. The largest absolute Gasteiger partial charge is 0.489 e. The number of aromatic nitrogens is 1. The second-order valence-electron chi connectivity index (χ2n) is 8.29. The van der Waals surface area contributed by atoms with E-state index in [2.05, 4.69) is 15.2 Å². The van der Waals surface area contributed by atoms with Crippen molar-refractivity contribution in [2.24, 2.45) is 5.92 Å². The maximum atomic E-state index is 13.7. The van der Waals surface area contributed by atoms with Crippen molar-refractivity contribution in [1.29, 1.82) is 0 Å². The summed E-state index contributed by atoms with van der Waals surface area (Å²) in [5, 5.41) is 3.68. The zero-order valence-corrected chi connectivity index (χ0v) is 19.3. The summed E-state index contributed by atoms with van der Waals surface area (Å²) in [5.74, 6) is -0.758. The van der Waals surface area contributed by atoms with Crippen LogP contribution in [0.25, 0.3) is 0 Å². The number of ether oxygens (including phenoxy) is 1. The van der Waals surface area contributed by atoms with Crippen LogP contribution in [0.15, 0.2) is 66.9 Å². The van der Waals surface area contributed by atoms with E-state index in [9.17, 15) is 13.6 Å². The zero-order valence-electron chi connectivity index (χ0n) is 18.6. The lowest BCUT2D eigenvalue weighted by Crippen LogP contribution is -2.43. The third-order valence-corrected chi connectivity index (χ3v) is 6.25. The van der Waals surface area contributed by atoms with Gasteiger partial charge in [-0.25, -0.2) is 8.78 Å². The summed E-state index contributed by atoms with van der Waals surface area (Å²) < 4.78 is 32.6. The van der Waals surface area contributed by atoms with Crippen LogP contribution in [-0.2, 0) is 4.79 Å². The number of pyridine rings is 1. The van der Waals surface area contributed by atoms with E-state index in [1.54, 1.807) is 36.4 Å². The van der Waals surface area contributed by atoms with Crippen molar-refractivity contribution in [2.75, 3.05) is 26.2 Å². The molecule has 0 saturated carbocycles. The van der Waals surface area contributed by atoms with E-state index in [4.69, 9.17) is 16.3 Å². The van der Waals surface area contributed by atoms with E-state index in [1.807, 2.05) is 12.1 Å². The summed E-state index contributed by atoms with van der Waals surface area (Å²) in [6.45, 7) is 2.54. The average molecular weight is 486 g/mol. The summed E-state index contributed by atoms with van der Waals surface area (Å²) >= 11 is 6.02. The maximum Gasteiger partial charge on any atom is 0.224 e. The van der Waals surface area contributed by atoms with Crippen LogP contribution < -0.4 is 10.1 Å². The van der Waals surface area contributed by atoms with Crippen molar-refractivity contribution in [3.05, 3.63) is 94.8 Å². The van der Waals surface area contributed by atoms with E-state index in [0.29, 0.717) is 36.7 Å². The molecule has 1 aromatic heterocycles. The summed E-state index contributed by atoms with van der Waals surface area (Å²) in [7, 11) is 0. The van der Waals surface area contributed by atoms with Crippen molar-refractivity contribution in [2.45, 2.75) is 18.9 Å². The van der Waals surface area contributed by atoms with Gasteiger partial charge in [0, 0.05) is 17.5 Å². The Morgan fingerprint density at radius 2 is 1.82 bits per heavy atom. The summed E-state index contributed by atoms with van der Waals surface area (Å²) in [4.78, 5) is 19.5. The summed E-state index contributed by atoms with van der Waals surface area (Å²) in [6, 6.07) is 15.9. The number of piperidine rings is 1. The molecule has 0 radical (unpaired) electrons. The number of amides is 1. The van der Waals surface area contributed by atoms with E-state index in [-0.39, 0.29) is 23.4 Å². The highest BCUT2D eigenvalue weighted by atomic mass is 35.5. The zero-order chi connectivity index (χ0) is 23.9. The van der Waals surface area contributed by atoms with Gasteiger partial charge >= 0.3 is 0 Å². The fraction of sp³-hybridized carbons (Fsp3) is 0.308. The molecular weight excluding hydrogens is 460 g/mol. The van der Waals surface area contributed by atoms with Gasteiger partial charge < -0.3 is 10.1 Å². The molecule has 0 spiro atoms. The van der Waals surface area contributed by atoms with Crippen LogP contribution >= 0.6 is 11.6 Å². The van der Waals surface area contributed by atoms with Crippen LogP contribution in [0.2, 0.25) is 5.02 Å². The molecule has 1 fully saturated rings. The van der Waals surface area contributed by atoms with E-state index in [0.717, 1.165) is 24.8 Å². The fourth-order valence-electron chi connectivity index (χ4n) is 4.07. The number of rotatable bonds is 8. The first kappa shape index (κ1) is 24.1. The summed E-state index contributed by atoms with van der Waals surface area (Å²) in [5.41, 5.74) is 1.37. The Balaban J connectivity index is 1.32. The molecule has 2 aromatic carbocycles. The van der Waals surface area contributed by atoms with E-state index in [1.165, 1.54) is 12.1 Å². The minimum Gasteiger partial charge on any atom is -0.489 e. The van der Waals surface area contributed by atoms with Crippen molar-refractivity contribution in [3.8, 4) is 5.75 Å². The first-order valence-corrected chi connectivity index (χ1v) is 11.6. The van der Waals surface area contributed by atoms with E-state index < -0.39 is 11.9 Å². The third-order valence-electron chi connectivity index (χ3n) is 6.00. The first-order valence-electron chi connectivity index (χ1n) is 11.3. The van der Waals surface area contributed by atoms with Crippen LogP contribution in [0.1, 0.15) is 30.1 Å². The molecule has 1 atom stereocenters. The predicted molar refractivity (Wildman–Crippen MR) is 127 cm³/mol. The lowest BCUT2D eigenvalue weighted by Gasteiger charge is -2.32. The lowest BCUT2D eigenvalue weighted by atomic mass is 9.94. The molecule has 5 nitrogen and oxygen atoms in total. The molecule has 1 saturated heterocycles. The van der Waals surface area contributed by atoms with Gasteiger partial charge in [0.15, 0.2) is 11.6 Å². The van der Waals surface area contributed by atoms with Crippen LogP contribution in [0.5, 0.6) is 5.75 Å². The fourth-order valence-corrected chi connectivity index (χ4v) is 4.19. The molecule has 1 aliphatic rings. The number of nitrogens with one attached hydrogen (secondary N) is 1. The second-order valence-corrected chi connectivity index (χ2v) is 8.73. The molecule has 8 heteroatoms. The predicted octanol–water partition coefficient (Wildman–Crippen LogP) is 5.01. The Morgan fingerprint density at radius 1 is 1.09 bits per heavy atom. The van der Waals surface area contributed by atoms with Crippen molar-refractivity contribution < 1.29 is 18.3 Å². The number of carbonyl (C=O) groups excluding carboxylic acids is 1. The van der Waals surface area contributed by atoms with Crippen LogP contribution in [-0.4, -0.2) is 42.0 Å². The summed E-state index contributed by atoms with van der Waals surface area (Å²) in [6.07, 6.45) is 2.55. The van der Waals surface area contributed by atoms with Gasteiger partial charge in [-0.3, -0.25) is 14.7 Å². The monoisotopic (exact) mass is 485 g/mol. The third kappa shape index (κ3) is 6.30. The van der Waals surface area contributed by atoms with E-state index >= 15 is 0 Å². The maximum absolute atomic E-state index is 13.7. The Morgan fingerprint density at radius 3 is 2.50 bits per heavy atom. The number of hydrogen-bond acceptors (Lipinski definition) is 4. The van der Waals surface area contributed by atoms with Crippen LogP contribution in [0.3, 0.4) is 0 Å². The molecule has 1 aliphatic heterocycles. The highest BCUT2D eigenvalue weighted by Gasteiger charge is 2.28. The molecule has 0 unspecified atom stereocenters. The topological polar surface area (TPSA) is 54.5 Å². The molecule has 0 bridgehead atoms. The molecule has 1 amide bonds. The number of nitrogens with zero attached hydrogens (tertiary/aromatic N) is 2. The van der Waals surface area contributed by atoms with Gasteiger partial charge in [0.25, 0.3) is 0 Å². The minimum absolute atomic E-state index is 0.0617. The van der Waals surface area contributed by atoms with Crippen molar-refractivity contribution >= 4 is 17.5 Å². The quantitative estimate of drug-likeness (QED) is 0.487. The number of halogens is 3. The highest BCUT2D eigenvalue weighted by molar-refractivity contribution is 6.30. The van der Waals surface area contributed by atoms with Gasteiger partial charge in [-0.15, -0.1) is 0 Å². The molecular formula is C26H26ClF2N3O2. The van der Waals surface area contributed by atoms with Gasteiger partial charge in [0.2, 0.25) is 5.91 Å². The minimum atomic E-state index is -0.502. The van der Waals surface area contributed by atoms with Gasteiger partial charge in [-0.2, -0.15) is 0 Å². The van der Waals surface area contributed by atoms with Crippen molar-refractivity contribution in [1.82, 2.24) is 15.2 Å². The Bertz CT molecular complexity index is 1040. The van der Waals surface area contributed by atoms with Gasteiger partial charge in [0.1, 0.15) is 12.4 Å². The molecule has 3 aromatic rings. The number of likely N-dealkylation sites (tertiary alicyclic amines) is 1. The van der Waals surface area contributed by atoms with Gasteiger partial charge in [-0.1, -0.05) is 35.9 Å². The average Bonchev–Trinajstić information content (AvgIpc) is 2.85. The number of benzene rings is 2. The smallest absolute Gasteiger partial charge is 0.224 e. The van der Waals surface area contributed by atoms with Crippen molar-refractivity contribution in [3.63, 3.8) is 0 Å². The standard InChI is InChI=1S/C26H26ClF2N3O2/c27-20-7-5-18(6-8-20)25(23-10-9-21(28)17-30-23)31-26(33)19-11-13-32(14-12-19)15-16-34-24-4-2-1-3-22(24)29/h1-10,17,19,25H,11-16H2,(H,31,33)/t25-/m1/s1. The first-order chi connectivity index (χ1) is 16.5. The number of hydrogen-bond donors (Lipinski definition) is 1. The Kier molecular flexibility index (Phi) is 8.08. The van der Waals surface area contributed by atoms with Crippen LogP contribution in [0.4, 0.5) is 8.78 Å². The molecule has 1 N–H and O–H groups in total. The molecule has 2 heterocycles. The molecule has 4 rings (SSSR count). The van der Waals surface area contributed by atoms with Gasteiger partial charge in [-0.05, 0) is 67.9 Å². The normalized spacial score (nSPS) is 15.6. The number of para-hydroxylation sites is 1. The molecule has 34 heavy (non-hydrogen) atoms. The second kappa shape index (κ2) is 11.4. The highest BCUT2D eigenvalue weighted by Crippen LogP contribution is 2.25.